The Balaban J connectivity index is 1.04. The van der Waals surface area contributed by atoms with Crippen LogP contribution in [-0.2, 0) is 0 Å². The van der Waals surface area contributed by atoms with Gasteiger partial charge in [0.2, 0.25) is 0 Å². The molecule has 4 nitrogen and oxygen atoms in total. The molecule has 0 unspecified atom stereocenters. The zero-order chi connectivity index (χ0) is 36.7. The number of allylic oxidation sites excluding steroid dienone is 9. The molecular weight excluding hydrogens is 669 g/mol. The van der Waals surface area contributed by atoms with E-state index in [1.165, 1.54) is 32.7 Å². The van der Waals surface area contributed by atoms with Crippen molar-refractivity contribution in [2.24, 2.45) is 0 Å². The van der Waals surface area contributed by atoms with Crippen molar-refractivity contribution in [1.82, 2.24) is 19.1 Å². The largest absolute Gasteiger partial charge is 0.317 e. The molecule has 0 fully saturated rings. The van der Waals surface area contributed by atoms with Crippen LogP contribution in [0.25, 0.3) is 83.2 Å². The van der Waals surface area contributed by atoms with Crippen molar-refractivity contribution in [3.05, 3.63) is 212 Å². The molecule has 9 aromatic rings. The van der Waals surface area contributed by atoms with Crippen LogP contribution in [0.1, 0.15) is 12.0 Å². The number of rotatable bonds is 5. The van der Waals surface area contributed by atoms with Crippen molar-refractivity contribution >= 4 is 49.2 Å². The van der Waals surface area contributed by atoms with Crippen LogP contribution in [0.3, 0.4) is 0 Å². The minimum absolute atomic E-state index is 0.699. The van der Waals surface area contributed by atoms with Crippen molar-refractivity contribution in [1.29, 1.82) is 0 Å². The quantitative estimate of drug-likeness (QED) is 0.179. The fourth-order valence-corrected chi connectivity index (χ4v) is 7.78. The molecule has 1 aliphatic carbocycles. The third-order valence-corrected chi connectivity index (χ3v) is 10.5. The van der Waals surface area contributed by atoms with Gasteiger partial charge in [0, 0.05) is 50.2 Å². The fourth-order valence-electron chi connectivity index (χ4n) is 7.78. The average molecular weight is 705 g/mol. The van der Waals surface area contributed by atoms with Gasteiger partial charge in [-0.15, -0.1) is 0 Å². The van der Waals surface area contributed by atoms with E-state index in [9.17, 15) is 0 Å². The van der Waals surface area contributed by atoms with Gasteiger partial charge in [-0.1, -0.05) is 122 Å². The third-order valence-electron chi connectivity index (χ3n) is 10.5. The first-order valence-electron chi connectivity index (χ1n) is 18.7. The molecular formula is C51H36N4. The van der Waals surface area contributed by atoms with Crippen LogP contribution >= 0.6 is 0 Å². The Morgan fingerprint density at radius 3 is 2.13 bits per heavy atom. The maximum atomic E-state index is 5.22. The predicted molar refractivity (Wildman–Crippen MR) is 231 cm³/mol. The lowest BCUT2D eigenvalue weighted by molar-refractivity contribution is 1.13. The van der Waals surface area contributed by atoms with E-state index in [-0.39, 0.29) is 0 Å². The standard InChI is InChI=1S/C51H36N4/c1-35-14-6-3-2-4-7-15-39(32-35)36-22-24-37(25-23-36)50-44-19-10-12-20-46(44)52-51(53-50)38-26-28-42(29-27-38)55-47-21-13-11-18-43(47)45-34-48-40(33-49(45)55)30-31-54(48)41-16-8-5-9-17-41/h2-3,5-34H,1,4H2/b3-2-,14-6-,15-7-,39-32+. The molecule has 0 saturated carbocycles. The summed E-state index contributed by atoms with van der Waals surface area (Å²) in [5.74, 6) is 0.699. The van der Waals surface area contributed by atoms with Crippen molar-refractivity contribution in [2.45, 2.75) is 6.42 Å². The third kappa shape index (κ3) is 5.91. The van der Waals surface area contributed by atoms with Gasteiger partial charge in [-0.3, -0.25) is 0 Å². The summed E-state index contributed by atoms with van der Waals surface area (Å²) in [5, 5.41) is 4.68. The monoisotopic (exact) mass is 704 g/mol. The topological polar surface area (TPSA) is 35.6 Å². The van der Waals surface area contributed by atoms with E-state index in [1.54, 1.807) is 0 Å². The van der Waals surface area contributed by atoms with Gasteiger partial charge in [0.15, 0.2) is 5.82 Å². The van der Waals surface area contributed by atoms with Crippen LogP contribution < -0.4 is 0 Å². The Morgan fingerprint density at radius 2 is 1.27 bits per heavy atom. The highest BCUT2D eigenvalue weighted by atomic mass is 15.0. The van der Waals surface area contributed by atoms with E-state index in [0.29, 0.717) is 5.82 Å². The van der Waals surface area contributed by atoms with Gasteiger partial charge in [-0.25, -0.2) is 9.97 Å². The molecule has 3 aromatic heterocycles. The highest BCUT2D eigenvalue weighted by molar-refractivity contribution is 6.13. The van der Waals surface area contributed by atoms with Gasteiger partial charge >= 0.3 is 0 Å². The lowest BCUT2D eigenvalue weighted by Crippen LogP contribution is -1.97. The van der Waals surface area contributed by atoms with Crippen LogP contribution in [0.2, 0.25) is 0 Å². The molecule has 0 N–H and O–H groups in total. The van der Waals surface area contributed by atoms with Gasteiger partial charge in [0.05, 0.1) is 27.8 Å². The molecule has 0 atom stereocenters. The minimum Gasteiger partial charge on any atom is -0.317 e. The summed E-state index contributed by atoms with van der Waals surface area (Å²) in [6.07, 6.45) is 17.8. The lowest BCUT2D eigenvalue weighted by Gasteiger charge is -2.12. The van der Waals surface area contributed by atoms with Crippen LogP contribution in [0.5, 0.6) is 0 Å². The number of hydrogen-bond acceptors (Lipinski definition) is 2. The van der Waals surface area contributed by atoms with Crippen molar-refractivity contribution < 1.29 is 0 Å². The zero-order valence-electron chi connectivity index (χ0n) is 30.2. The summed E-state index contributed by atoms with van der Waals surface area (Å²) in [6, 6.07) is 51.7. The Hall–Kier alpha value is -7.30. The Labute approximate surface area is 319 Å². The molecule has 4 heteroatoms. The second kappa shape index (κ2) is 13.6. The molecule has 1 aliphatic rings. The van der Waals surface area contributed by atoms with Crippen molar-refractivity contribution in [3.8, 4) is 34.0 Å². The molecule has 0 saturated heterocycles. The predicted octanol–water partition coefficient (Wildman–Crippen LogP) is 13.0. The molecule has 0 spiro atoms. The first kappa shape index (κ1) is 32.4. The summed E-state index contributed by atoms with van der Waals surface area (Å²) < 4.78 is 4.64. The van der Waals surface area contributed by atoms with E-state index in [1.807, 2.05) is 18.2 Å². The smallest absolute Gasteiger partial charge is 0.160 e. The van der Waals surface area contributed by atoms with Crippen LogP contribution in [0, 0.1) is 0 Å². The van der Waals surface area contributed by atoms with Crippen LogP contribution in [0.4, 0.5) is 0 Å². The average Bonchev–Trinajstić information content (AvgIpc) is 3.80. The molecule has 10 rings (SSSR count). The van der Waals surface area contributed by atoms with Crippen LogP contribution in [-0.4, -0.2) is 19.1 Å². The molecule has 0 radical (unpaired) electrons. The summed E-state index contributed by atoms with van der Waals surface area (Å²) in [6.45, 7) is 4.22. The van der Waals surface area contributed by atoms with E-state index in [0.717, 1.165) is 62.2 Å². The number of aromatic nitrogens is 4. The number of hydrogen-bond donors (Lipinski definition) is 0. The number of benzene rings is 6. The molecule has 0 bridgehead atoms. The van der Waals surface area contributed by atoms with Crippen molar-refractivity contribution in [2.75, 3.05) is 0 Å². The normalized spacial score (nSPS) is 16.0. The first-order chi connectivity index (χ1) is 27.2. The highest BCUT2D eigenvalue weighted by Crippen LogP contribution is 2.37. The SMILES string of the molecule is C=C1/C=C\C=C/C/C=C\C(c2ccc(-c3nc(-c4ccc(-n5c6ccccc6c6cc7c(ccn7-c7ccccc7)cc65)cc4)nc4ccccc34)cc2)=C/1. The molecule has 0 aliphatic heterocycles. The maximum absolute atomic E-state index is 5.22. The highest BCUT2D eigenvalue weighted by Gasteiger charge is 2.17. The van der Waals surface area contributed by atoms with Gasteiger partial charge in [-0.05, 0) is 95.9 Å². The van der Waals surface area contributed by atoms with Crippen molar-refractivity contribution in [3.63, 3.8) is 0 Å². The maximum Gasteiger partial charge on any atom is 0.160 e. The van der Waals surface area contributed by atoms with E-state index < -0.39 is 0 Å². The Morgan fingerprint density at radius 1 is 0.527 bits per heavy atom. The number of para-hydroxylation sites is 3. The lowest BCUT2D eigenvalue weighted by atomic mass is 9.98. The van der Waals surface area contributed by atoms with Gasteiger partial charge in [0.25, 0.3) is 0 Å². The van der Waals surface area contributed by atoms with E-state index in [2.05, 4.69) is 192 Å². The molecule has 260 valence electrons. The molecule has 6 aromatic carbocycles. The summed E-state index contributed by atoms with van der Waals surface area (Å²) in [4.78, 5) is 10.3. The molecule has 0 amide bonds. The first-order valence-corrected chi connectivity index (χ1v) is 18.7. The van der Waals surface area contributed by atoms with Gasteiger partial charge in [-0.2, -0.15) is 0 Å². The Bertz CT molecular complexity index is 3040. The number of fused-ring (bicyclic) bond motifs is 5. The summed E-state index contributed by atoms with van der Waals surface area (Å²) in [5.41, 5.74) is 12.8. The van der Waals surface area contributed by atoms with Gasteiger partial charge < -0.3 is 9.13 Å². The second-order valence-corrected chi connectivity index (χ2v) is 13.9. The molecule has 3 heterocycles. The van der Waals surface area contributed by atoms with E-state index >= 15 is 0 Å². The minimum atomic E-state index is 0.699. The molecule has 55 heavy (non-hydrogen) atoms. The van der Waals surface area contributed by atoms with Crippen LogP contribution in [0.15, 0.2) is 206 Å². The Kier molecular flexibility index (Phi) is 8.00. The summed E-state index contributed by atoms with van der Waals surface area (Å²) >= 11 is 0. The second-order valence-electron chi connectivity index (χ2n) is 13.9. The zero-order valence-corrected chi connectivity index (χ0v) is 30.2. The fraction of sp³-hybridized carbons (Fsp3) is 0.0196. The number of nitrogens with zero attached hydrogens (tertiary/aromatic N) is 4. The van der Waals surface area contributed by atoms with Gasteiger partial charge in [0.1, 0.15) is 0 Å². The summed E-state index contributed by atoms with van der Waals surface area (Å²) in [7, 11) is 0. The van der Waals surface area contributed by atoms with E-state index in [4.69, 9.17) is 9.97 Å².